The SMILES string of the molecule is CN(CCO[Si](C)(C)C(C)(C)C)[C@H]1CC(C(F)(F)F)=CC[C@@H]1NC(=O)OC(C)(C)C. The highest BCUT2D eigenvalue weighted by atomic mass is 28.4. The van der Waals surface area contributed by atoms with Crippen molar-refractivity contribution in [2.45, 2.75) is 96.4 Å². The molecule has 176 valence electrons. The van der Waals surface area contributed by atoms with Gasteiger partial charge < -0.3 is 14.5 Å². The summed E-state index contributed by atoms with van der Waals surface area (Å²) in [6, 6.07) is -0.967. The van der Waals surface area contributed by atoms with Crippen LogP contribution < -0.4 is 5.32 Å². The molecule has 0 aromatic heterocycles. The quantitative estimate of drug-likeness (QED) is 0.428. The summed E-state index contributed by atoms with van der Waals surface area (Å²) in [6.07, 6.45) is -3.88. The van der Waals surface area contributed by atoms with Gasteiger partial charge in [-0.05, 0) is 58.8 Å². The highest BCUT2D eigenvalue weighted by Gasteiger charge is 2.41. The lowest BCUT2D eigenvalue weighted by molar-refractivity contribution is -0.0977. The van der Waals surface area contributed by atoms with Gasteiger partial charge in [0.2, 0.25) is 0 Å². The maximum atomic E-state index is 13.3. The average Bonchev–Trinajstić information content (AvgIpc) is 2.50. The first-order valence-corrected chi connectivity index (χ1v) is 13.3. The van der Waals surface area contributed by atoms with Gasteiger partial charge in [0, 0.05) is 24.8 Å². The van der Waals surface area contributed by atoms with Gasteiger partial charge in [0.15, 0.2) is 8.32 Å². The number of nitrogens with zero attached hydrogens (tertiary/aromatic N) is 1. The molecule has 0 spiro atoms. The Kier molecular flexibility index (Phi) is 8.64. The van der Waals surface area contributed by atoms with Crippen LogP contribution in [0.1, 0.15) is 54.4 Å². The largest absolute Gasteiger partial charge is 0.444 e. The molecule has 1 aliphatic carbocycles. The number of likely N-dealkylation sites (N-methyl/N-ethyl adjacent to an activating group) is 1. The number of carbonyl (C=O) groups is 1. The molecule has 2 atom stereocenters. The van der Waals surface area contributed by atoms with Crippen LogP contribution in [0.2, 0.25) is 18.1 Å². The lowest BCUT2D eigenvalue weighted by atomic mass is 9.89. The Balaban J connectivity index is 2.87. The van der Waals surface area contributed by atoms with Crippen molar-refractivity contribution < 1.29 is 27.1 Å². The highest BCUT2D eigenvalue weighted by Crippen LogP contribution is 2.37. The van der Waals surface area contributed by atoms with Crippen molar-refractivity contribution in [2.24, 2.45) is 0 Å². The minimum Gasteiger partial charge on any atom is -0.444 e. The first kappa shape index (κ1) is 27.0. The van der Waals surface area contributed by atoms with Crippen LogP contribution in [0.25, 0.3) is 0 Å². The van der Waals surface area contributed by atoms with E-state index < -0.39 is 43.8 Å². The minimum atomic E-state index is -4.37. The summed E-state index contributed by atoms with van der Waals surface area (Å²) < 4.78 is 51.4. The van der Waals surface area contributed by atoms with Gasteiger partial charge >= 0.3 is 12.3 Å². The Morgan fingerprint density at radius 1 is 1.20 bits per heavy atom. The maximum Gasteiger partial charge on any atom is 0.412 e. The number of hydrogen-bond acceptors (Lipinski definition) is 4. The van der Waals surface area contributed by atoms with E-state index in [2.05, 4.69) is 39.2 Å². The zero-order valence-electron chi connectivity index (χ0n) is 19.9. The second-order valence-corrected chi connectivity index (χ2v) is 15.4. The summed E-state index contributed by atoms with van der Waals surface area (Å²) in [4.78, 5) is 14.1. The van der Waals surface area contributed by atoms with Crippen LogP contribution in [0.5, 0.6) is 0 Å². The Morgan fingerprint density at radius 2 is 1.77 bits per heavy atom. The van der Waals surface area contributed by atoms with Gasteiger partial charge in [0.05, 0.1) is 6.04 Å². The molecular weight excluding hydrogens is 413 g/mol. The van der Waals surface area contributed by atoms with Crippen molar-refractivity contribution in [1.82, 2.24) is 10.2 Å². The lowest BCUT2D eigenvalue weighted by Crippen LogP contribution is -2.54. The molecule has 0 unspecified atom stereocenters. The number of carbonyl (C=O) groups excluding carboxylic acids is 1. The summed E-state index contributed by atoms with van der Waals surface area (Å²) >= 11 is 0. The molecule has 0 saturated heterocycles. The van der Waals surface area contributed by atoms with Crippen molar-refractivity contribution in [1.29, 1.82) is 0 Å². The normalized spacial score (nSPS) is 21.4. The zero-order valence-corrected chi connectivity index (χ0v) is 20.9. The second-order valence-electron chi connectivity index (χ2n) is 10.6. The molecule has 30 heavy (non-hydrogen) atoms. The molecule has 0 radical (unpaired) electrons. The van der Waals surface area contributed by atoms with E-state index in [0.717, 1.165) is 0 Å². The van der Waals surface area contributed by atoms with Crippen molar-refractivity contribution in [3.05, 3.63) is 11.6 Å². The number of rotatable bonds is 6. The second kappa shape index (κ2) is 9.61. The first-order valence-electron chi connectivity index (χ1n) is 10.4. The van der Waals surface area contributed by atoms with Crippen molar-refractivity contribution in [3.63, 3.8) is 0 Å². The lowest BCUT2D eigenvalue weighted by Gasteiger charge is -2.40. The van der Waals surface area contributed by atoms with Gasteiger partial charge in [0.1, 0.15) is 5.60 Å². The van der Waals surface area contributed by atoms with Gasteiger partial charge in [-0.2, -0.15) is 13.2 Å². The van der Waals surface area contributed by atoms with E-state index in [1.54, 1.807) is 27.8 Å². The van der Waals surface area contributed by atoms with Gasteiger partial charge in [-0.3, -0.25) is 4.90 Å². The van der Waals surface area contributed by atoms with Crippen LogP contribution in [-0.4, -0.2) is 63.4 Å². The summed E-state index contributed by atoms with van der Waals surface area (Å²) in [5, 5.41) is 2.82. The third-order valence-electron chi connectivity index (χ3n) is 5.86. The van der Waals surface area contributed by atoms with E-state index in [4.69, 9.17) is 9.16 Å². The fourth-order valence-corrected chi connectivity index (χ4v) is 4.05. The van der Waals surface area contributed by atoms with Crippen LogP contribution in [0, 0.1) is 0 Å². The van der Waals surface area contributed by atoms with E-state index in [1.165, 1.54) is 6.08 Å². The van der Waals surface area contributed by atoms with E-state index in [-0.39, 0.29) is 17.9 Å². The van der Waals surface area contributed by atoms with Crippen LogP contribution in [-0.2, 0) is 9.16 Å². The molecule has 1 rings (SSSR count). The average molecular weight is 453 g/mol. The first-order chi connectivity index (χ1) is 13.3. The number of alkyl halides is 3. The Hall–Kier alpha value is -1.06. The predicted molar refractivity (Wildman–Crippen MR) is 116 cm³/mol. The van der Waals surface area contributed by atoms with E-state index in [0.29, 0.717) is 13.2 Å². The van der Waals surface area contributed by atoms with E-state index in [9.17, 15) is 18.0 Å². The molecule has 1 N–H and O–H groups in total. The number of hydrogen-bond donors (Lipinski definition) is 1. The third-order valence-corrected chi connectivity index (χ3v) is 10.4. The topological polar surface area (TPSA) is 50.8 Å². The zero-order chi connectivity index (χ0) is 23.5. The molecule has 0 aromatic carbocycles. The van der Waals surface area contributed by atoms with E-state index >= 15 is 0 Å². The molecule has 5 nitrogen and oxygen atoms in total. The van der Waals surface area contributed by atoms with Crippen LogP contribution in [0.15, 0.2) is 11.6 Å². The molecule has 9 heteroatoms. The Labute approximate surface area is 180 Å². The number of halogens is 3. The molecular formula is C21H39F3N2O3Si. The summed E-state index contributed by atoms with van der Waals surface area (Å²) in [7, 11) is -0.162. The monoisotopic (exact) mass is 452 g/mol. The van der Waals surface area contributed by atoms with Gasteiger partial charge in [-0.1, -0.05) is 26.8 Å². The third kappa shape index (κ3) is 8.23. The van der Waals surface area contributed by atoms with Crippen molar-refractivity contribution in [3.8, 4) is 0 Å². The number of ether oxygens (including phenoxy) is 1. The summed E-state index contributed by atoms with van der Waals surface area (Å²) in [5.74, 6) is 0. The van der Waals surface area contributed by atoms with Crippen LogP contribution in [0.4, 0.5) is 18.0 Å². The summed E-state index contributed by atoms with van der Waals surface area (Å²) in [6.45, 7) is 16.9. The molecule has 0 heterocycles. The molecule has 0 fully saturated rings. The standard InChI is InChI=1S/C21H39F3N2O3Si/c1-19(2,3)29-18(27)25-16-11-10-15(21(22,23)24)14-17(16)26(7)12-13-28-30(8,9)20(4,5)6/h10,16-17H,11-14H2,1-9H3,(H,25,27)/t16-,17-/m0/s1. The molecule has 0 saturated carbocycles. The van der Waals surface area contributed by atoms with E-state index in [1.807, 2.05) is 4.90 Å². The smallest absolute Gasteiger partial charge is 0.412 e. The fraction of sp³-hybridized carbons (Fsp3) is 0.857. The minimum absolute atomic E-state index is 0.0589. The highest BCUT2D eigenvalue weighted by molar-refractivity contribution is 6.74. The van der Waals surface area contributed by atoms with Crippen molar-refractivity contribution in [2.75, 3.05) is 20.2 Å². The van der Waals surface area contributed by atoms with Crippen LogP contribution in [0.3, 0.4) is 0 Å². The van der Waals surface area contributed by atoms with Gasteiger partial charge in [0.25, 0.3) is 0 Å². The molecule has 1 amide bonds. The maximum absolute atomic E-state index is 13.3. The molecule has 0 bridgehead atoms. The van der Waals surface area contributed by atoms with Crippen molar-refractivity contribution >= 4 is 14.4 Å². The molecule has 1 aliphatic rings. The van der Waals surface area contributed by atoms with Gasteiger partial charge in [-0.25, -0.2) is 4.79 Å². The van der Waals surface area contributed by atoms with Gasteiger partial charge in [-0.15, -0.1) is 0 Å². The van der Waals surface area contributed by atoms with Crippen LogP contribution >= 0.6 is 0 Å². The molecule has 0 aliphatic heterocycles. The Morgan fingerprint density at radius 3 is 2.23 bits per heavy atom. The molecule has 0 aromatic rings. The number of alkyl carbamates (subject to hydrolysis) is 1. The predicted octanol–water partition coefficient (Wildman–Crippen LogP) is 5.48. The number of nitrogens with one attached hydrogen (secondary N) is 1. The summed E-state index contributed by atoms with van der Waals surface area (Å²) in [5.41, 5.74) is -1.23. The Bertz CT molecular complexity index is 622. The number of amides is 1. The fourth-order valence-electron chi connectivity index (χ4n) is 3.01.